The Balaban J connectivity index is 1.49. The average Bonchev–Trinajstić information content (AvgIpc) is 3.32. The van der Waals surface area contributed by atoms with Gasteiger partial charge >= 0.3 is 5.97 Å². The van der Waals surface area contributed by atoms with Crippen molar-refractivity contribution in [3.8, 4) is 12.1 Å². The molecule has 1 heterocycles. The summed E-state index contributed by atoms with van der Waals surface area (Å²) in [6, 6.07) is 27.9. The van der Waals surface area contributed by atoms with Crippen LogP contribution in [-0.2, 0) is 16.0 Å². The average molecular weight is 468 g/mol. The van der Waals surface area contributed by atoms with Crippen LogP contribution < -0.4 is 0 Å². The zero-order chi connectivity index (χ0) is 23.9. The number of nitrogens with zero attached hydrogens (tertiary/aromatic N) is 3. The molecule has 0 saturated carbocycles. The number of hydrogen-bond acceptors (Lipinski definition) is 6. The molecule has 4 rings (SSSR count). The maximum atomic E-state index is 12.5. The van der Waals surface area contributed by atoms with Crippen molar-refractivity contribution in [3.63, 3.8) is 0 Å². The SMILES string of the molecule is COC(=O)C1CN(CCc2ccccc2Sc2ccccc2C#N)CC1c1cccc(C#N)c1. The highest BCUT2D eigenvalue weighted by Gasteiger charge is 2.39. The summed E-state index contributed by atoms with van der Waals surface area (Å²) in [4.78, 5) is 16.9. The van der Waals surface area contributed by atoms with Crippen LogP contribution in [0.3, 0.4) is 0 Å². The third kappa shape index (κ3) is 5.31. The van der Waals surface area contributed by atoms with Crippen molar-refractivity contribution in [1.29, 1.82) is 10.5 Å². The maximum absolute atomic E-state index is 12.5. The number of esters is 1. The van der Waals surface area contributed by atoms with E-state index < -0.39 is 0 Å². The van der Waals surface area contributed by atoms with E-state index in [4.69, 9.17) is 4.74 Å². The van der Waals surface area contributed by atoms with Gasteiger partial charge in [-0.1, -0.05) is 54.2 Å². The number of hydrogen-bond donors (Lipinski definition) is 0. The summed E-state index contributed by atoms with van der Waals surface area (Å²) >= 11 is 1.61. The molecule has 2 atom stereocenters. The Morgan fingerprint density at radius 1 is 1.00 bits per heavy atom. The van der Waals surface area contributed by atoms with E-state index in [1.165, 1.54) is 12.7 Å². The van der Waals surface area contributed by atoms with Gasteiger partial charge in [-0.3, -0.25) is 4.79 Å². The molecule has 34 heavy (non-hydrogen) atoms. The van der Waals surface area contributed by atoms with E-state index in [1.807, 2.05) is 54.6 Å². The van der Waals surface area contributed by atoms with E-state index in [2.05, 4.69) is 29.2 Å². The number of rotatable bonds is 7. The lowest BCUT2D eigenvalue weighted by molar-refractivity contribution is -0.145. The molecule has 0 spiro atoms. The number of carbonyl (C=O) groups excluding carboxylic acids is 1. The quantitative estimate of drug-likeness (QED) is 0.455. The zero-order valence-corrected chi connectivity index (χ0v) is 19.8. The van der Waals surface area contributed by atoms with Gasteiger partial charge in [0.25, 0.3) is 0 Å². The third-order valence-electron chi connectivity index (χ3n) is 6.24. The van der Waals surface area contributed by atoms with Crippen LogP contribution in [0, 0.1) is 28.6 Å². The van der Waals surface area contributed by atoms with Gasteiger partial charge in [0.2, 0.25) is 0 Å². The maximum Gasteiger partial charge on any atom is 0.310 e. The molecule has 1 aliphatic rings. The monoisotopic (exact) mass is 467 g/mol. The van der Waals surface area contributed by atoms with Gasteiger partial charge in [-0.2, -0.15) is 10.5 Å². The lowest BCUT2D eigenvalue weighted by Crippen LogP contribution is -2.26. The van der Waals surface area contributed by atoms with Crippen molar-refractivity contribution in [2.24, 2.45) is 5.92 Å². The van der Waals surface area contributed by atoms with Gasteiger partial charge in [0.15, 0.2) is 0 Å². The number of methoxy groups -OCH3 is 1. The van der Waals surface area contributed by atoms with Crippen LogP contribution >= 0.6 is 11.8 Å². The summed E-state index contributed by atoms with van der Waals surface area (Å²) in [6.07, 6.45) is 0.830. The topological polar surface area (TPSA) is 77.1 Å². The Morgan fingerprint density at radius 2 is 1.76 bits per heavy atom. The third-order valence-corrected chi connectivity index (χ3v) is 7.43. The van der Waals surface area contributed by atoms with Crippen LogP contribution in [-0.4, -0.2) is 37.6 Å². The van der Waals surface area contributed by atoms with Gasteiger partial charge in [0.1, 0.15) is 6.07 Å². The molecule has 5 nitrogen and oxygen atoms in total. The molecule has 0 bridgehead atoms. The molecule has 6 heteroatoms. The smallest absolute Gasteiger partial charge is 0.310 e. The largest absolute Gasteiger partial charge is 0.469 e. The predicted octanol–water partition coefficient (Wildman–Crippen LogP) is 5.01. The molecule has 3 aromatic carbocycles. The highest BCUT2D eigenvalue weighted by Crippen LogP contribution is 2.35. The number of nitriles is 2. The van der Waals surface area contributed by atoms with Gasteiger partial charge in [-0.15, -0.1) is 0 Å². The lowest BCUT2D eigenvalue weighted by Gasteiger charge is -2.17. The minimum Gasteiger partial charge on any atom is -0.469 e. The fraction of sp³-hybridized carbons (Fsp3) is 0.250. The van der Waals surface area contributed by atoms with E-state index >= 15 is 0 Å². The van der Waals surface area contributed by atoms with Crippen molar-refractivity contribution in [1.82, 2.24) is 4.90 Å². The number of benzene rings is 3. The van der Waals surface area contributed by atoms with E-state index in [9.17, 15) is 15.3 Å². The van der Waals surface area contributed by atoms with Crippen LogP contribution in [0.2, 0.25) is 0 Å². The summed E-state index contributed by atoms with van der Waals surface area (Å²) in [5.74, 6) is -0.474. The van der Waals surface area contributed by atoms with Gasteiger partial charge in [-0.25, -0.2) is 0 Å². The van der Waals surface area contributed by atoms with E-state index in [0.717, 1.165) is 34.9 Å². The number of likely N-dealkylation sites (tertiary alicyclic amines) is 1. The first-order chi connectivity index (χ1) is 16.6. The fourth-order valence-electron chi connectivity index (χ4n) is 4.49. The molecule has 1 fully saturated rings. The molecule has 0 radical (unpaired) electrons. The molecule has 1 aliphatic heterocycles. The van der Waals surface area contributed by atoms with Crippen LogP contribution in [0.15, 0.2) is 82.6 Å². The molecule has 0 aromatic heterocycles. The first-order valence-electron chi connectivity index (χ1n) is 11.2. The van der Waals surface area contributed by atoms with Crippen molar-refractivity contribution >= 4 is 17.7 Å². The van der Waals surface area contributed by atoms with Gasteiger partial charge in [0.05, 0.1) is 30.2 Å². The Kier molecular flexibility index (Phi) is 7.65. The Morgan fingerprint density at radius 3 is 2.53 bits per heavy atom. The molecule has 0 N–H and O–H groups in total. The minimum absolute atomic E-state index is 0.00660. The molecule has 0 aliphatic carbocycles. The normalized spacial score (nSPS) is 17.6. The van der Waals surface area contributed by atoms with E-state index in [-0.39, 0.29) is 17.8 Å². The highest BCUT2D eigenvalue weighted by molar-refractivity contribution is 7.99. The summed E-state index contributed by atoms with van der Waals surface area (Å²) in [6.45, 7) is 2.17. The van der Waals surface area contributed by atoms with Gasteiger partial charge in [0, 0.05) is 35.3 Å². The van der Waals surface area contributed by atoms with Crippen molar-refractivity contribution < 1.29 is 9.53 Å². The first kappa shape index (κ1) is 23.6. The summed E-state index contributed by atoms with van der Waals surface area (Å²) in [5.41, 5.74) is 3.49. The Hall–Kier alpha value is -3.58. The van der Waals surface area contributed by atoms with E-state index in [1.54, 1.807) is 17.8 Å². The molecular weight excluding hydrogens is 442 g/mol. The summed E-state index contributed by atoms with van der Waals surface area (Å²) in [7, 11) is 1.43. The lowest BCUT2D eigenvalue weighted by atomic mass is 9.88. The minimum atomic E-state index is -0.258. The van der Waals surface area contributed by atoms with Crippen molar-refractivity contribution in [2.75, 3.05) is 26.7 Å². The number of carbonyl (C=O) groups is 1. The second-order valence-electron chi connectivity index (χ2n) is 8.30. The summed E-state index contributed by atoms with van der Waals surface area (Å²) < 4.78 is 5.10. The van der Waals surface area contributed by atoms with Crippen LogP contribution in [0.1, 0.15) is 28.2 Å². The van der Waals surface area contributed by atoms with Crippen LogP contribution in [0.25, 0.3) is 0 Å². The van der Waals surface area contributed by atoms with E-state index in [0.29, 0.717) is 17.7 Å². The van der Waals surface area contributed by atoms with Crippen molar-refractivity contribution in [2.45, 2.75) is 22.1 Å². The van der Waals surface area contributed by atoms with Crippen LogP contribution in [0.4, 0.5) is 0 Å². The zero-order valence-electron chi connectivity index (χ0n) is 19.0. The number of ether oxygens (including phenoxy) is 1. The fourth-order valence-corrected chi connectivity index (χ4v) is 5.54. The Bertz CT molecular complexity index is 1260. The van der Waals surface area contributed by atoms with Crippen molar-refractivity contribution in [3.05, 3.63) is 95.1 Å². The molecule has 170 valence electrons. The van der Waals surface area contributed by atoms with Gasteiger partial charge < -0.3 is 9.64 Å². The molecule has 3 aromatic rings. The molecule has 0 amide bonds. The molecular formula is C28H25N3O2S. The molecule has 1 saturated heterocycles. The predicted molar refractivity (Wildman–Crippen MR) is 131 cm³/mol. The molecule has 2 unspecified atom stereocenters. The van der Waals surface area contributed by atoms with Crippen LogP contribution in [0.5, 0.6) is 0 Å². The highest BCUT2D eigenvalue weighted by atomic mass is 32.2. The standard InChI is InChI=1S/C28H25N3O2S/c1-33-28(32)25-19-31(18-24(25)22-10-6-7-20(15-22)16-29)14-13-21-8-2-4-11-26(21)34-27-12-5-3-9-23(27)17-30/h2-12,15,24-25H,13-14,18-19H2,1H3. The summed E-state index contributed by atoms with van der Waals surface area (Å²) in [5, 5.41) is 18.7. The first-order valence-corrected chi connectivity index (χ1v) is 12.0. The second-order valence-corrected chi connectivity index (χ2v) is 9.38. The Labute approximate surface area is 204 Å². The van der Waals surface area contributed by atoms with Gasteiger partial charge in [-0.05, 0) is 47.9 Å². The second kappa shape index (κ2) is 11.0.